The molecule has 0 aromatic carbocycles. The van der Waals surface area contributed by atoms with Crippen LogP contribution in [0.15, 0.2) is 12.2 Å². The molecule has 0 N–H and O–H groups in total. The third kappa shape index (κ3) is 5.80. The van der Waals surface area contributed by atoms with Crippen LogP contribution >= 0.6 is 0 Å². The lowest BCUT2D eigenvalue weighted by molar-refractivity contribution is 1.22. The summed E-state index contributed by atoms with van der Waals surface area (Å²) in [5.74, 6) is 0. The van der Waals surface area contributed by atoms with E-state index >= 15 is 0 Å². The third-order valence-electron chi connectivity index (χ3n) is 0.858. The molecule has 0 heterocycles. The summed E-state index contributed by atoms with van der Waals surface area (Å²) >= 11 is 0. The molecule has 0 spiro atoms. The minimum atomic E-state index is 1.18. The molecule has 0 radical (unpaired) electrons. The van der Waals surface area contributed by atoms with Crippen LogP contribution in [0.4, 0.5) is 0 Å². The Bertz CT molecular complexity index is 48.1. The van der Waals surface area contributed by atoms with Crippen molar-refractivity contribution >= 4 is 7.28 Å². The Kier molecular flexibility index (Phi) is 5.64. The molecule has 0 aliphatic rings. The van der Waals surface area contributed by atoms with Gasteiger partial charge in [-0.25, -0.2) is 0 Å². The molecule has 1 heteroatoms. The molecule has 0 saturated carbocycles. The number of rotatable bonds is 3. The molecule has 0 amide bonds. The fraction of sp³-hybridized carbons (Fsp3) is 0.667. The van der Waals surface area contributed by atoms with Crippen molar-refractivity contribution in [2.45, 2.75) is 26.5 Å². The Hall–Kier alpha value is -0.195. The minimum Gasteiger partial charge on any atom is -0.0961 e. The van der Waals surface area contributed by atoms with E-state index in [4.69, 9.17) is 0 Å². The molecule has 0 saturated heterocycles. The first kappa shape index (κ1) is 6.80. The molecule has 0 aliphatic heterocycles. The second-order valence-electron chi connectivity index (χ2n) is 1.67. The molecule has 7 heavy (non-hydrogen) atoms. The summed E-state index contributed by atoms with van der Waals surface area (Å²) in [6.07, 6.45) is 6.87. The monoisotopic (exact) mass is 96.1 g/mol. The smallest absolute Gasteiger partial charge is 0.0961 e. The van der Waals surface area contributed by atoms with E-state index in [0.717, 1.165) is 0 Å². The summed E-state index contributed by atoms with van der Waals surface area (Å²) in [5.41, 5.74) is 0. The highest BCUT2D eigenvalue weighted by molar-refractivity contribution is 6.34. The molecule has 0 unspecified atom stereocenters. The highest BCUT2D eigenvalue weighted by Crippen LogP contribution is 1.83. The van der Waals surface area contributed by atoms with Crippen molar-refractivity contribution in [3.05, 3.63) is 12.2 Å². The first-order chi connectivity index (χ1) is 3.41. The summed E-state index contributed by atoms with van der Waals surface area (Å²) in [7, 11) is 1.27. The molecule has 0 bridgehead atoms. The molecular formula is C6H13B. The van der Waals surface area contributed by atoms with Crippen LogP contribution in [0.25, 0.3) is 0 Å². The summed E-state index contributed by atoms with van der Waals surface area (Å²) in [6.45, 7) is 4.35. The standard InChI is InChI=1S/C6H13B/c1-3-4-5-6-7-2/h4-5,7H,3,6H2,1-2H3/b5-4+. The lowest BCUT2D eigenvalue weighted by atomic mass is 9.78. The second kappa shape index (κ2) is 5.80. The van der Waals surface area contributed by atoms with E-state index in [-0.39, 0.29) is 0 Å². The fourth-order valence-corrected chi connectivity index (χ4v) is 0.451. The quantitative estimate of drug-likeness (QED) is 0.371. The average Bonchev–Trinajstić information content (AvgIpc) is 1.69. The van der Waals surface area contributed by atoms with Crippen molar-refractivity contribution in [3.8, 4) is 0 Å². The molecular weight excluding hydrogens is 82.9 g/mol. The number of hydrogen-bond acceptors (Lipinski definition) is 0. The van der Waals surface area contributed by atoms with Gasteiger partial charge in [0.05, 0.1) is 0 Å². The lowest BCUT2D eigenvalue weighted by Crippen LogP contribution is -1.71. The predicted molar refractivity (Wildman–Crippen MR) is 37.3 cm³/mol. The Morgan fingerprint density at radius 1 is 1.43 bits per heavy atom. The Balaban J connectivity index is 2.78. The highest BCUT2D eigenvalue weighted by Gasteiger charge is 1.71. The van der Waals surface area contributed by atoms with Crippen molar-refractivity contribution in [3.63, 3.8) is 0 Å². The van der Waals surface area contributed by atoms with Gasteiger partial charge in [0, 0.05) is 0 Å². The zero-order valence-electron chi connectivity index (χ0n) is 5.28. The van der Waals surface area contributed by atoms with Crippen LogP contribution in [-0.4, -0.2) is 7.28 Å². The van der Waals surface area contributed by atoms with Gasteiger partial charge in [-0.15, -0.1) is 0 Å². The topological polar surface area (TPSA) is 0 Å². The van der Waals surface area contributed by atoms with Gasteiger partial charge in [-0.05, 0) is 6.42 Å². The van der Waals surface area contributed by atoms with Crippen molar-refractivity contribution in [2.24, 2.45) is 0 Å². The van der Waals surface area contributed by atoms with Gasteiger partial charge in [0.25, 0.3) is 0 Å². The van der Waals surface area contributed by atoms with E-state index in [1.165, 1.54) is 20.0 Å². The van der Waals surface area contributed by atoms with Crippen LogP contribution < -0.4 is 0 Å². The van der Waals surface area contributed by atoms with Crippen molar-refractivity contribution in [2.75, 3.05) is 0 Å². The van der Waals surface area contributed by atoms with Crippen LogP contribution in [0.1, 0.15) is 13.3 Å². The highest BCUT2D eigenvalue weighted by atomic mass is 13.6. The molecule has 0 rings (SSSR count). The van der Waals surface area contributed by atoms with Crippen LogP contribution in [0.5, 0.6) is 0 Å². The van der Waals surface area contributed by atoms with Gasteiger partial charge in [-0.3, -0.25) is 0 Å². The summed E-state index contributed by atoms with van der Waals surface area (Å²) in [4.78, 5) is 0. The Morgan fingerprint density at radius 2 is 2.14 bits per heavy atom. The normalized spacial score (nSPS) is 10.0. The Morgan fingerprint density at radius 3 is 2.57 bits per heavy atom. The summed E-state index contributed by atoms with van der Waals surface area (Å²) in [5, 5.41) is 0. The van der Waals surface area contributed by atoms with E-state index in [1.54, 1.807) is 0 Å². The average molecular weight is 96.0 g/mol. The van der Waals surface area contributed by atoms with Crippen molar-refractivity contribution in [1.29, 1.82) is 0 Å². The zero-order valence-corrected chi connectivity index (χ0v) is 5.28. The number of allylic oxidation sites excluding steroid dienone is 2. The first-order valence-corrected chi connectivity index (χ1v) is 3.06. The predicted octanol–water partition coefficient (Wildman–Crippen LogP) is 1.86. The van der Waals surface area contributed by atoms with Gasteiger partial charge in [0.1, 0.15) is 7.28 Å². The van der Waals surface area contributed by atoms with E-state index < -0.39 is 0 Å². The number of hydrogen-bond donors (Lipinski definition) is 0. The molecule has 0 aromatic rings. The Labute approximate surface area is 46.9 Å². The van der Waals surface area contributed by atoms with Gasteiger partial charge < -0.3 is 0 Å². The SMILES string of the molecule is CBC/C=C/CC. The van der Waals surface area contributed by atoms with E-state index in [9.17, 15) is 0 Å². The zero-order chi connectivity index (χ0) is 5.54. The van der Waals surface area contributed by atoms with Crippen molar-refractivity contribution < 1.29 is 0 Å². The van der Waals surface area contributed by atoms with Crippen LogP contribution in [0.3, 0.4) is 0 Å². The van der Waals surface area contributed by atoms with E-state index in [1.807, 2.05) is 0 Å². The van der Waals surface area contributed by atoms with E-state index in [2.05, 4.69) is 25.9 Å². The van der Waals surface area contributed by atoms with Gasteiger partial charge in [-0.2, -0.15) is 0 Å². The van der Waals surface area contributed by atoms with Gasteiger partial charge in [0.2, 0.25) is 0 Å². The molecule has 0 atom stereocenters. The van der Waals surface area contributed by atoms with Crippen molar-refractivity contribution in [1.82, 2.24) is 0 Å². The van der Waals surface area contributed by atoms with Crippen LogP contribution in [0.2, 0.25) is 13.1 Å². The molecule has 0 nitrogen and oxygen atoms in total. The third-order valence-corrected chi connectivity index (χ3v) is 0.858. The minimum absolute atomic E-state index is 1.18. The van der Waals surface area contributed by atoms with Gasteiger partial charge >= 0.3 is 0 Å². The first-order valence-electron chi connectivity index (χ1n) is 3.06. The van der Waals surface area contributed by atoms with Gasteiger partial charge in [-0.1, -0.05) is 32.2 Å². The largest absolute Gasteiger partial charge is 0.121 e. The molecule has 0 aliphatic carbocycles. The maximum atomic E-state index is 2.24. The molecule has 0 aromatic heterocycles. The molecule has 40 valence electrons. The van der Waals surface area contributed by atoms with Crippen LogP contribution in [-0.2, 0) is 0 Å². The maximum Gasteiger partial charge on any atom is 0.121 e. The maximum absolute atomic E-state index is 2.24. The fourth-order valence-electron chi connectivity index (χ4n) is 0.451. The van der Waals surface area contributed by atoms with Gasteiger partial charge in [0.15, 0.2) is 0 Å². The molecule has 0 fully saturated rings. The lowest BCUT2D eigenvalue weighted by Gasteiger charge is -1.77. The second-order valence-corrected chi connectivity index (χ2v) is 1.67. The van der Waals surface area contributed by atoms with E-state index in [0.29, 0.717) is 0 Å². The van der Waals surface area contributed by atoms with Crippen LogP contribution in [0, 0.1) is 0 Å². The summed E-state index contributed by atoms with van der Waals surface area (Å²) < 4.78 is 0. The summed E-state index contributed by atoms with van der Waals surface area (Å²) in [6, 6.07) is 0.